The first-order chi connectivity index (χ1) is 13.7. The maximum Gasteiger partial charge on any atom is 0.336 e. The molecule has 2 aliphatic rings. The molecule has 1 aliphatic heterocycles. The van der Waals surface area contributed by atoms with E-state index in [0.29, 0.717) is 16.5 Å². The maximum absolute atomic E-state index is 12.0. The van der Waals surface area contributed by atoms with Crippen molar-refractivity contribution in [2.24, 2.45) is 0 Å². The van der Waals surface area contributed by atoms with Crippen LogP contribution in [0.2, 0.25) is 10.0 Å². The lowest BCUT2D eigenvalue weighted by Crippen LogP contribution is -2.07. The predicted octanol–water partition coefficient (Wildman–Crippen LogP) is 4.44. The second-order valence-electron chi connectivity index (χ2n) is 6.39. The van der Waals surface area contributed by atoms with Gasteiger partial charge in [0.2, 0.25) is 5.43 Å². The Balaban J connectivity index is 2.28. The minimum Gasteiger partial charge on any atom is -0.506 e. The molecule has 0 atom stereocenters. The molecule has 6 N–H and O–H groups in total. The standard InChI is InChI=1S/C20H12Cl2N2O5/c21-11-1-9-17(5-15(11)25)29-18-6-16(26)12(22)2-10(18)19(9)7-3-13(23)14(24)4-8(7)20(27)28/h1-6,25H,23-24H2,(H,27,28). The second-order valence-corrected chi connectivity index (χ2v) is 7.20. The third-order valence-corrected chi connectivity index (χ3v) is 5.16. The lowest BCUT2D eigenvalue weighted by atomic mass is 9.90. The van der Waals surface area contributed by atoms with E-state index in [-0.39, 0.29) is 49.6 Å². The number of hydrogen-bond acceptors (Lipinski definition) is 6. The highest BCUT2D eigenvalue weighted by molar-refractivity contribution is 6.33. The molecule has 2 aromatic carbocycles. The largest absolute Gasteiger partial charge is 0.506 e. The van der Waals surface area contributed by atoms with Crippen molar-refractivity contribution < 1.29 is 19.4 Å². The van der Waals surface area contributed by atoms with Gasteiger partial charge in [0.05, 0.1) is 27.0 Å². The van der Waals surface area contributed by atoms with E-state index in [0.717, 1.165) is 0 Å². The van der Waals surface area contributed by atoms with Crippen molar-refractivity contribution in [1.29, 1.82) is 0 Å². The van der Waals surface area contributed by atoms with Crippen LogP contribution in [-0.4, -0.2) is 16.2 Å². The minimum atomic E-state index is -1.23. The van der Waals surface area contributed by atoms with E-state index in [1.165, 1.54) is 36.4 Å². The first-order valence-electron chi connectivity index (χ1n) is 8.18. The summed E-state index contributed by atoms with van der Waals surface area (Å²) in [5.74, 6) is -1.32. The van der Waals surface area contributed by atoms with E-state index in [9.17, 15) is 19.8 Å². The summed E-state index contributed by atoms with van der Waals surface area (Å²) in [6.07, 6.45) is 0. The second kappa shape index (κ2) is 6.58. The summed E-state index contributed by atoms with van der Waals surface area (Å²) in [5, 5.41) is 20.0. The first kappa shape index (κ1) is 18.9. The SMILES string of the molecule is Nc1cc(C(=O)O)c(-c2c3cc(Cl)c(=O)cc-3oc3cc(O)c(Cl)cc23)cc1N. The zero-order chi connectivity index (χ0) is 21.0. The lowest BCUT2D eigenvalue weighted by Gasteiger charge is -2.18. The van der Waals surface area contributed by atoms with Crippen LogP contribution >= 0.6 is 23.2 Å². The molecule has 0 radical (unpaired) electrons. The molecule has 29 heavy (non-hydrogen) atoms. The van der Waals surface area contributed by atoms with E-state index in [4.69, 9.17) is 39.1 Å². The topological polar surface area (TPSA) is 140 Å². The van der Waals surface area contributed by atoms with E-state index >= 15 is 0 Å². The zero-order valence-electron chi connectivity index (χ0n) is 14.5. The normalized spacial score (nSPS) is 11.2. The Morgan fingerprint density at radius 3 is 2.31 bits per heavy atom. The van der Waals surface area contributed by atoms with Gasteiger partial charge in [-0.2, -0.15) is 0 Å². The van der Waals surface area contributed by atoms with Crippen LogP contribution in [0.25, 0.3) is 33.4 Å². The number of carbonyl (C=O) groups is 1. The van der Waals surface area contributed by atoms with Crippen molar-refractivity contribution in [3.8, 4) is 28.2 Å². The van der Waals surface area contributed by atoms with Gasteiger partial charge in [0.15, 0.2) is 0 Å². The highest BCUT2D eigenvalue weighted by Gasteiger charge is 2.24. The number of nitrogens with two attached hydrogens (primary N) is 2. The summed E-state index contributed by atoms with van der Waals surface area (Å²) in [7, 11) is 0. The van der Waals surface area contributed by atoms with Crippen molar-refractivity contribution >= 4 is 51.5 Å². The van der Waals surface area contributed by atoms with Crippen LogP contribution < -0.4 is 16.9 Å². The van der Waals surface area contributed by atoms with E-state index in [1.807, 2.05) is 0 Å². The van der Waals surface area contributed by atoms with Gasteiger partial charge in [0, 0.05) is 28.6 Å². The van der Waals surface area contributed by atoms with E-state index in [2.05, 4.69) is 0 Å². The lowest BCUT2D eigenvalue weighted by molar-refractivity contribution is 0.0698. The van der Waals surface area contributed by atoms with E-state index in [1.54, 1.807) is 0 Å². The van der Waals surface area contributed by atoms with Gasteiger partial charge in [-0.25, -0.2) is 4.79 Å². The Hall–Kier alpha value is -3.42. The highest BCUT2D eigenvalue weighted by Crippen LogP contribution is 2.45. The van der Waals surface area contributed by atoms with Crippen LogP contribution in [0.1, 0.15) is 10.4 Å². The summed E-state index contributed by atoms with van der Waals surface area (Å²) < 4.78 is 5.75. The molecule has 0 aromatic heterocycles. The van der Waals surface area contributed by atoms with Crippen molar-refractivity contribution in [3.05, 3.63) is 62.2 Å². The molecule has 4 rings (SSSR count). The van der Waals surface area contributed by atoms with E-state index < -0.39 is 11.4 Å². The predicted molar refractivity (Wildman–Crippen MR) is 112 cm³/mol. The number of fused-ring (bicyclic) bond motifs is 2. The molecule has 2 aromatic rings. The number of anilines is 2. The molecule has 7 nitrogen and oxygen atoms in total. The number of halogens is 2. The molecule has 146 valence electrons. The van der Waals surface area contributed by atoms with Gasteiger partial charge < -0.3 is 26.1 Å². The summed E-state index contributed by atoms with van der Waals surface area (Å²) in [4.78, 5) is 23.9. The molecule has 0 saturated carbocycles. The molecule has 1 heterocycles. The van der Waals surface area contributed by atoms with Gasteiger partial charge in [0.25, 0.3) is 0 Å². The Labute approximate surface area is 173 Å². The van der Waals surface area contributed by atoms with Crippen LogP contribution in [0.15, 0.2) is 45.6 Å². The van der Waals surface area contributed by atoms with Gasteiger partial charge >= 0.3 is 5.97 Å². The van der Waals surface area contributed by atoms with Crippen molar-refractivity contribution in [3.63, 3.8) is 0 Å². The third-order valence-electron chi connectivity index (χ3n) is 4.56. The van der Waals surface area contributed by atoms with Gasteiger partial charge in [-0.3, -0.25) is 4.79 Å². The Morgan fingerprint density at radius 2 is 1.62 bits per heavy atom. The number of nitrogen functional groups attached to an aromatic ring is 2. The monoisotopic (exact) mass is 430 g/mol. The molecule has 0 bridgehead atoms. The van der Waals surface area contributed by atoms with Crippen LogP contribution in [0.4, 0.5) is 11.4 Å². The molecule has 0 saturated heterocycles. The fourth-order valence-electron chi connectivity index (χ4n) is 3.21. The Kier molecular flexibility index (Phi) is 4.29. The third kappa shape index (κ3) is 3.00. The number of carboxylic acid groups (broad SMARTS) is 1. The molecule has 0 fully saturated rings. The fourth-order valence-corrected chi connectivity index (χ4v) is 3.54. The average Bonchev–Trinajstić information content (AvgIpc) is 2.64. The molecule has 1 aliphatic carbocycles. The number of phenols is 1. The summed E-state index contributed by atoms with van der Waals surface area (Å²) in [6.45, 7) is 0. The molecular formula is C20H12Cl2N2O5. The van der Waals surface area contributed by atoms with Crippen LogP contribution in [0.5, 0.6) is 5.75 Å². The number of hydrogen-bond donors (Lipinski definition) is 4. The number of aromatic carboxylic acids is 1. The first-order valence-corrected chi connectivity index (χ1v) is 8.94. The fraction of sp³-hybridized carbons (Fsp3) is 0. The Morgan fingerprint density at radius 1 is 0.931 bits per heavy atom. The highest BCUT2D eigenvalue weighted by atomic mass is 35.5. The average molecular weight is 431 g/mol. The van der Waals surface area contributed by atoms with Crippen LogP contribution in [-0.2, 0) is 0 Å². The van der Waals surface area contributed by atoms with Crippen molar-refractivity contribution in [1.82, 2.24) is 0 Å². The molecular weight excluding hydrogens is 419 g/mol. The van der Waals surface area contributed by atoms with Crippen LogP contribution in [0, 0.1) is 0 Å². The number of aromatic hydroxyl groups is 1. The summed E-state index contributed by atoms with van der Waals surface area (Å²) in [6, 6.07) is 7.96. The van der Waals surface area contributed by atoms with Crippen molar-refractivity contribution in [2.75, 3.05) is 11.5 Å². The number of rotatable bonds is 2. The van der Waals surface area contributed by atoms with Crippen LogP contribution in [0.3, 0.4) is 0 Å². The molecule has 0 amide bonds. The quantitative estimate of drug-likeness (QED) is 0.272. The minimum absolute atomic E-state index is 0.0279. The zero-order valence-corrected chi connectivity index (χ0v) is 16.0. The van der Waals surface area contributed by atoms with Crippen molar-refractivity contribution in [2.45, 2.75) is 0 Å². The molecule has 0 unspecified atom stereocenters. The molecule has 9 heteroatoms. The number of phenolic OH excluding ortho intramolecular Hbond substituents is 1. The number of carboxylic acids is 1. The van der Waals surface area contributed by atoms with Gasteiger partial charge in [-0.1, -0.05) is 23.2 Å². The maximum atomic E-state index is 12.0. The van der Waals surface area contributed by atoms with Gasteiger partial charge in [-0.05, 0) is 29.8 Å². The Bertz CT molecular complexity index is 1360. The summed E-state index contributed by atoms with van der Waals surface area (Å²) in [5.41, 5.74) is 12.6. The summed E-state index contributed by atoms with van der Waals surface area (Å²) >= 11 is 12.1. The number of benzene rings is 3. The van der Waals surface area contributed by atoms with Gasteiger partial charge in [-0.15, -0.1) is 0 Å². The smallest absolute Gasteiger partial charge is 0.336 e. The van der Waals surface area contributed by atoms with Gasteiger partial charge in [0.1, 0.15) is 17.1 Å². The molecule has 0 spiro atoms.